The van der Waals surface area contributed by atoms with Gasteiger partial charge >= 0.3 is 5.97 Å². The van der Waals surface area contributed by atoms with Gasteiger partial charge in [0.15, 0.2) is 9.84 Å². The summed E-state index contributed by atoms with van der Waals surface area (Å²) < 4.78 is 27.9. The highest BCUT2D eigenvalue weighted by Gasteiger charge is 2.18. The first-order valence-corrected chi connectivity index (χ1v) is 8.02. The first-order chi connectivity index (χ1) is 8.24. The Labute approximate surface area is 111 Å². The molecule has 1 aromatic heterocycles. The van der Waals surface area contributed by atoms with Gasteiger partial charge in [0.05, 0.1) is 11.0 Å². The maximum Gasteiger partial charge on any atom is 0.348 e. The molecule has 102 valence electrons. The van der Waals surface area contributed by atoms with E-state index in [2.05, 4.69) is 0 Å². The van der Waals surface area contributed by atoms with E-state index in [1.54, 1.807) is 26.8 Å². The molecule has 1 rings (SSSR count). The van der Waals surface area contributed by atoms with E-state index in [-0.39, 0.29) is 12.4 Å². The normalized spacial score (nSPS) is 11.8. The number of rotatable bonds is 5. The van der Waals surface area contributed by atoms with Crippen molar-refractivity contribution < 1.29 is 17.9 Å². The van der Waals surface area contributed by atoms with E-state index in [0.29, 0.717) is 10.6 Å². The molecule has 5 nitrogen and oxygen atoms in total. The van der Waals surface area contributed by atoms with Crippen molar-refractivity contribution in [3.63, 3.8) is 0 Å². The van der Waals surface area contributed by atoms with Crippen molar-refractivity contribution in [1.29, 1.82) is 0 Å². The number of nitrogens with two attached hydrogens (primary N) is 1. The van der Waals surface area contributed by atoms with Gasteiger partial charge in [-0.3, -0.25) is 0 Å². The van der Waals surface area contributed by atoms with Crippen molar-refractivity contribution in [3.05, 3.63) is 15.8 Å². The molecule has 0 amide bonds. The lowest BCUT2D eigenvalue weighted by Crippen LogP contribution is -2.22. The predicted molar refractivity (Wildman–Crippen MR) is 72.7 cm³/mol. The lowest BCUT2D eigenvalue weighted by molar-refractivity contribution is 0.0535. The van der Waals surface area contributed by atoms with Gasteiger partial charge in [-0.1, -0.05) is 0 Å². The zero-order valence-electron chi connectivity index (χ0n) is 10.6. The minimum atomic E-state index is -3.18. The minimum Gasteiger partial charge on any atom is -0.460 e. The fourth-order valence-corrected chi connectivity index (χ4v) is 2.78. The first-order valence-electron chi connectivity index (χ1n) is 5.48. The lowest BCUT2D eigenvalue weighted by atomic mass is 10.4. The van der Waals surface area contributed by atoms with Crippen LogP contribution in [0.15, 0.2) is 6.07 Å². The van der Waals surface area contributed by atoms with Crippen molar-refractivity contribution in [2.24, 2.45) is 0 Å². The summed E-state index contributed by atoms with van der Waals surface area (Å²) in [7, 11) is -3.18. The Bertz CT molecular complexity index is 512. The third-order valence-electron chi connectivity index (χ3n) is 2.48. The van der Waals surface area contributed by atoms with Crippen molar-refractivity contribution in [2.45, 2.75) is 26.0 Å². The number of ether oxygens (including phenoxy) is 1. The van der Waals surface area contributed by atoms with Crippen LogP contribution in [-0.2, 0) is 14.6 Å². The lowest BCUT2D eigenvalue weighted by Gasteiger charge is -2.07. The maximum absolute atomic E-state index is 11.6. The number of hydrogen-bond acceptors (Lipinski definition) is 6. The number of carbonyl (C=O) groups is 1. The molecule has 0 aromatic carbocycles. The molecule has 0 aliphatic carbocycles. The Balaban J connectivity index is 2.53. The third-order valence-corrected chi connectivity index (χ3v) is 5.70. The Morgan fingerprint density at radius 2 is 2.11 bits per heavy atom. The van der Waals surface area contributed by atoms with Gasteiger partial charge in [0.2, 0.25) is 0 Å². The number of thiophene rings is 1. The molecule has 0 saturated heterocycles. The van der Waals surface area contributed by atoms with Crippen LogP contribution in [0.2, 0.25) is 0 Å². The van der Waals surface area contributed by atoms with Gasteiger partial charge in [0.1, 0.15) is 11.5 Å². The summed E-state index contributed by atoms with van der Waals surface area (Å²) in [5, 5.41) is -0.462. The van der Waals surface area contributed by atoms with Gasteiger partial charge in [-0.25, -0.2) is 13.2 Å². The average molecular weight is 291 g/mol. The number of aryl methyl sites for hydroxylation is 1. The van der Waals surface area contributed by atoms with Crippen molar-refractivity contribution >= 4 is 32.8 Å². The van der Waals surface area contributed by atoms with Crippen molar-refractivity contribution in [3.8, 4) is 0 Å². The van der Waals surface area contributed by atoms with Crippen LogP contribution in [0.3, 0.4) is 0 Å². The maximum atomic E-state index is 11.6. The smallest absolute Gasteiger partial charge is 0.348 e. The number of hydrogen-bond donors (Lipinski definition) is 1. The van der Waals surface area contributed by atoms with Gasteiger partial charge in [-0.15, -0.1) is 11.3 Å². The van der Waals surface area contributed by atoms with E-state index in [4.69, 9.17) is 10.5 Å². The summed E-state index contributed by atoms with van der Waals surface area (Å²) >= 11 is 1.24. The van der Waals surface area contributed by atoms with Crippen LogP contribution in [0.25, 0.3) is 0 Å². The standard InChI is InChI=1S/C11H17NO4S2/c1-7(2)18(14,15)5-4-16-11(13)10-6-9(12)8(3)17-10/h6-7H,4-5,12H2,1-3H3. The minimum absolute atomic E-state index is 0.129. The highest BCUT2D eigenvalue weighted by molar-refractivity contribution is 7.91. The van der Waals surface area contributed by atoms with E-state index in [0.717, 1.165) is 4.88 Å². The molecular formula is C11H17NO4S2. The largest absolute Gasteiger partial charge is 0.460 e. The molecule has 0 unspecified atom stereocenters. The van der Waals surface area contributed by atoms with E-state index in [1.165, 1.54) is 11.3 Å². The Hall–Kier alpha value is -1.08. The Kier molecular flexibility index (Phi) is 4.75. The molecule has 2 N–H and O–H groups in total. The summed E-state index contributed by atoms with van der Waals surface area (Å²) in [4.78, 5) is 12.8. The van der Waals surface area contributed by atoms with Crippen LogP contribution >= 0.6 is 11.3 Å². The van der Waals surface area contributed by atoms with Crippen LogP contribution in [-0.4, -0.2) is 32.0 Å². The van der Waals surface area contributed by atoms with Crippen LogP contribution in [0.1, 0.15) is 28.4 Å². The SMILES string of the molecule is Cc1sc(C(=O)OCCS(=O)(=O)C(C)C)cc1N. The highest BCUT2D eigenvalue weighted by Crippen LogP contribution is 2.23. The molecule has 0 fully saturated rings. The fraction of sp³-hybridized carbons (Fsp3) is 0.545. The summed E-state index contributed by atoms with van der Waals surface area (Å²) in [6.45, 7) is 4.87. The predicted octanol–water partition coefficient (Wildman–Crippen LogP) is 1.62. The van der Waals surface area contributed by atoms with Gasteiger partial charge in [-0.05, 0) is 26.8 Å². The fourth-order valence-electron chi connectivity index (χ4n) is 1.15. The molecule has 1 heterocycles. The molecular weight excluding hydrogens is 274 g/mol. The van der Waals surface area contributed by atoms with Gasteiger partial charge in [-0.2, -0.15) is 0 Å². The van der Waals surface area contributed by atoms with E-state index < -0.39 is 21.1 Å². The van der Waals surface area contributed by atoms with Crippen LogP contribution in [0.4, 0.5) is 5.69 Å². The molecule has 0 atom stereocenters. The van der Waals surface area contributed by atoms with E-state index >= 15 is 0 Å². The summed E-state index contributed by atoms with van der Waals surface area (Å²) in [5.41, 5.74) is 6.17. The number of nitrogen functional groups attached to an aromatic ring is 1. The molecule has 0 radical (unpaired) electrons. The zero-order chi connectivity index (χ0) is 13.9. The van der Waals surface area contributed by atoms with Crippen molar-refractivity contribution in [1.82, 2.24) is 0 Å². The van der Waals surface area contributed by atoms with Gasteiger partial charge in [0, 0.05) is 10.6 Å². The Morgan fingerprint density at radius 1 is 1.50 bits per heavy atom. The van der Waals surface area contributed by atoms with E-state index in [1.807, 2.05) is 0 Å². The molecule has 0 aliphatic heterocycles. The second-order valence-electron chi connectivity index (χ2n) is 4.17. The van der Waals surface area contributed by atoms with Gasteiger partial charge < -0.3 is 10.5 Å². The number of sulfone groups is 1. The molecule has 18 heavy (non-hydrogen) atoms. The van der Waals surface area contributed by atoms with Crippen LogP contribution in [0, 0.1) is 6.92 Å². The average Bonchev–Trinajstić information content (AvgIpc) is 2.58. The molecule has 0 aliphatic rings. The topological polar surface area (TPSA) is 86.5 Å². The number of esters is 1. The quantitative estimate of drug-likeness (QED) is 0.833. The van der Waals surface area contributed by atoms with Crippen LogP contribution in [0.5, 0.6) is 0 Å². The number of anilines is 1. The monoisotopic (exact) mass is 291 g/mol. The van der Waals surface area contributed by atoms with E-state index in [9.17, 15) is 13.2 Å². The molecule has 1 aromatic rings. The number of carbonyl (C=O) groups excluding carboxylic acids is 1. The summed E-state index contributed by atoms with van der Waals surface area (Å²) in [6.07, 6.45) is 0. The second-order valence-corrected chi connectivity index (χ2v) is 8.11. The van der Waals surface area contributed by atoms with Crippen LogP contribution < -0.4 is 5.73 Å². The summed E-state index contributed by atoms with van der Waals surface area (Å²) in [6, 6.07) is 1.54. The molecule has 0 bridgehead atoms. The second kappa shape index (κ2) is 5.71. The first kappa shape index (κ1) is 15.0. The van der Waals surface area contributed by atoms with Crippen molar-refractivity contribution in [2.75, 3.05) is 18.1 Å². The molecule has 7 heteroatoms. The summed E-state index contributed by atoms with van der Waals surface area (Å²) in [5.74, 6) is -0.685. The highest BCUT2D eigenvalue weighted by atomic mass is 32.2. The molecule has 0 spiro atoms. The third kappa shape index (κ3) is 3.71. The van der Waals surface area contributed by atoms with Gasteiger partial charge in [0.25, 0.3) is 0 Å². The zero-order valence-corrected chi connectivity index (χ0v) is 12.2. The molecule has 0 saturated carbocycles. The Morgan fingerprint density at radius 3 is 2.56 bits per heavy atom.